The second kappa shape index (κ2) is 4.59. The van der Waals surface area contributed by atoms with Crippen molar-refractivity contribution < 1.29 is 14.3 Å². The quantitative estimate of drug-likeness (QED) is 0.802. The highest BCUT2D eigenvalue weighted by atomic mass is 16.5. The predicted molar refractivity (Wildman–Crippen MR) is 74.8 cm³/mol. The Hall–Kier alpha value is -2.43. The van der Waals surface area contributed by atoms with Gasteiger partial charge in [0.1, 0.15) is 0 Å². The molecule has 1 aliphatic rings. The molecular weight excluding hydrogens is 256 g/mol. The van der Waals surface area contributed by atoms with Crippen LogP contribution in [0.3, 0.4) is 0 Å². The van der Waals surface area contributed by atoms with E-state index in [1.165, 1.54) is 7.11 Å². The van der Waals surface area contributed by atoms with Crippen molar-refractivity contribution in [3.63, 3.8) is 0 Å². The lowest BCUT2D eigenvalue weighted by atomic mass is 9.91. The van der Waals surface area contributed by atoms with Crippen molar-refractivity contribution >= 4 is 28.3 Å². The molecule has 0 unspecified atom stereocenters. The molecule has 0 fully saturated rings. The van der Waals surface area contributed by atoms with E-state index in [0.717, 1.165) is 18.5 Å². The normalized spacial score (nSPS) is 14.2. The van der Waals surface area contributed by atoms with E-state index in [9.17, 15) is 9.59 Å². The van der Waals surface area contributed by atoms with Crippen molar-refractivity contribution in [2.45, 2.75) is 19.3 Å². The number of carbonyl (C=O) groups excluding carboxylic acids is 2. The maximum Gasteiger partial charge on any atom is 0.337 e. The van der Waals surface area contributed by atoms with E-state index >= 15 is 0 Å². The number of pyridine rings is 1. The van der Waals surface area contributed by atoms with Gasteiger partial charge in [-0.2, -0.15) is 0 Å². The number of aryl methyl sites for hydroxylation is 1. The summed E-state index contributed by atoms with van der Waals surface area (Å²) in [6.07, 6.45) is 2.07. The fourth-order valence-electron chi connectivity index (χ4n) is 2.62. The van der Waals surface area contributed by atoms with Crippen molar-refractivity contribution in [2.75, 3.05) is 12.8 Å². The number of anilines is 1. The molecule has 20 heavy (non-hydrogen) atoms. The van der Waals surface area contributed by atoms with Crippen LogP contribution in [-0.4, -0.2) is 23.8 Å². The van der Waals surface area contributed by atoms with Crippen molar-refractivity contribution in [1.82, 2.24) is 4.98 Å². The lowest BCUT2D eigenvalue weighted by Crippen LogP contribution is -2.16. The van der Waals surface area contributed by atoms with E-state index in [0.29, 0.717) is 34.1 Å². The topological polar surface area (TPSA) is 82.3 Å². The smallest absolute Gasteiger partial charge is 0.337 e. The third-order valence-corrected chi connectivity index (χ3v) is 3.62. The largest absolute Gasteiger partial charge is 0.465 e. The average molecular weight is 270 g/mol. The molecule has 3 rings (SSSR count). The SMILES string of the molecule is COC(=O)c1ccc2nc3c(c(N)c2c1)C(=O)CCC3. The third-order valence-electron chi connectivity index (χ3n) is 3.62. The molecule has 0 atom stereocenters. The Bertz CT molecular complexity index is 737. The molecule has 0 saturated heterocycles. The molecule has 2 aromatic rings. The molecule has 1 heterocycles. The number of aromatic nitrogens is 1. The summed E-state index contributed by atoms with van der Waals surface area (Å²) >= 11 is 0. The number of nitrogens with two attached hydrogens (primary N) is 1. The van der Waals surface area contributed by atoms with E-state index in [2.05, 4.69) is 4.98 Å². The number of hydrogen-bond acceptors (Lipinski definition) is 5. The van der Waals surface area contributed by atoms with Crippen LogP contribution in [0.25, 0.3) is 10.9 Å². The Morgan fingerprint density at radius 1 is 1.35 bits per heavy atom. The van der Waals surface area contributed by atoms with Gasteiger partial charge in [-0.25, -0.2) is 4.79 Å². The number of methoxy groups -OCH3 is 1. The summed E-state index contributed by atoms with van der Waals surface area (Å²) < 4.78 is 4.69. The summed E-state index contributed by atoms with van der Waals surface area (Å²) in [6.45, 7) is 0. The standard InChI is InChI=1S/C15H14N2O3/c1-20-15(19)8-5-6-10-9(7-8)14(16)13-11(17-10)3-2-4-12(13)18/h5-7H,2-4H2,1H3,(H2,16,17). The van der Waals surface area contributed by atoms with Crippen molar-refractivity contribution in [1.29, 1.82) is 0 Å². The van der Waals surface area contributed by atoms with Crippen molar-refractivity contribution in [2.24, 2.45) is 0 Å². The predicted octanol–water partition coefficient (Wildman–Crippen LogP) is 2.12. The zero-order valence-corrected chi connectivity index (χ0v) is 11.1. The van der Waals surface area contributed by atoms with Crippen LogP contribution in [-0.2, 0) is 11.2 Å². The summed E-state index contributed by atoms with van der Waals surface area (Å²) in [5.41, 5.74) is 8.92. The number of nitrogen functional groups attached to an aromatic ring is 1. The fraction of sp³-hybridized carbons (Fsp3) is 0.267. The van der Waals surface area contributed by atoms with Crippen LogP contribution in [0, 0.1) is 0 Å². The number of fused-ring (bicyclic) bond motifs is 2. The van der Waals surface area contributed by atoms with E-state index in [4.69, 9.17) is 10.5 Å². The molecule has 0 radical (unpaired) electrons. The van der Waals surface area contributed by atoms with Crippen LogP contribution in [0.2, 0.25) is 0 Å². The number of nitrogens with zero attached hydrogens (tertiary/aromatic N) is 1. The maximum absolute atomic E-state index is 12.0. The van der Waals surface area contributed by atoms with Crippen LogP contribution < -0.4 is 5.73 Å². The van der Waals surface area contributed by atoms with Gasteiger partial charge >= 0.3 is 5.97 Å². The summed E-state index contributed by atoms with van der Waals surface area (Å²) in [4.78, 5) is 28.1. The van der Waals surface area contributed by atoms with Gasteiger partial charge in [-0.05, 0) is 31.0 Å². The molecule has 2 N–H and O–H groups in total. The molecule has 1 aliphatic carbocycles. The third kappa shape index (κ3) is 1.82. The minimum absolute atomic E-state index is 0.0293. The van der Waals surface area contributed by atoms with Crippen molar-refractivity contribution in [3.05, 3.63) is 35.0 Å². The number of rotatable bonds is 1. The van der Waals surface area contributed by atoms with E-state index < -0.39 is 5.97 Å². The molecule has 5 heteroatoms. The van der Waals surface area contributed by atoms with Crippen LogP contribution in [0.15, 0.2) is 18.2 Å². The summed E-state index contributed by atoms with van der Waals surface area (Å²) in [6, 6.07) is 5.01. The molecule has 1 aromatic carbocycles. The summed E-state index contributed by atoms with van der Waals surface area (Å²) in [7, 11) is 1.32. The van der Waals surface area contributed by atoms with Crippen LogP contribution in [0.4, 0.5) is 5.69 Å². The fourth-order valence-corrected chi connectivity index (χ4v) is 2.62. The lowest BCUT2D eigenvalue weighted by molar-refractivity contribution is 0.0601. The second-order valence-electron chi connectivity index (χ2n) is 4.85. The molecule has 1 aromatic heterocycles. The minimum atomic E-state index is -0.435. The number of ether oxygens (including phenoxy) is 1. The van der Waals surface area contributed by atoms with Gasteiger partial charge in [0.2, 0.25) is 0 Å². The maximum atomic E-state index is 12.0. The van der Waals surface area contributed by atoms with E-state index in [-0.39, 0.29) is 5.78 Å². The van der Waals surface area contributed by atoms with E-state index in [1.54, 1.807) is 18.2 Å². The first-order valence-electron chi connectivity index (χ1n) is 6.45. The summed E-state index contributed by atoms with van der Waals surface area (Å²) in [5, 5.41) is 0.627. The number of ketones is 1. The monoisotopic (exact) mass is 270 g/mol. The van der Waals surface area contributed by atoms with Crippen LogP contribution in [0.5, 0.6) is 0 Å². The molecule has 0 saturated carbocycles. The van der Waals surface area contributed by atoms with Gasteiger partial charge in [0.25, 0.3) is 0 Å². The van der Waals surface area contributed by atoms with Gasteiger partial charge in [0.15, 0.2) is 5.78 Å². The number of benzene rings is 1. The van der Waals surface area contributed by atoms with E-state index in [1.807, 2.05) is 0 Å². The molecule has 0 spiro atoms. The molecule has 0 amide bonds. The highest BCUT2D eigenvalue weighted by Gasteiger charge is 2.23. The van der Waals surface area contributed by atoms with Gasteiger partial charge in [-0.3, -0.25) is 9.78 Å². The first-order valence-corrected chi connectivity index (χ1v) is 6.45. The first-order chi connectivity index (χ1) is 9.61. The zero-order valence-electron chi connectivity index (χ0n) is 11.1. The average Bonchev–Trinajstić information content (AvgIpc) is 2.46. The number of carbonyl (C=O) groups is 2. The summed E-state index contributed by atoms with van der Waals surface area (Å²) in [5.74, 6) is -0.406. The van der Waals surface area contributed by atoms with Crippen LogP contribution >= 0.6 is 0 Å². The van der Waals surface area contributed by atoms with Gasteiger partial charge in [0, 0.05) is 11.8 Å². The highest BCUT2D eigenvalue weighted by Crippen LogP contribution is 2.31. The van der Waals surface area contributed by atoms with Gasteiger partial charge < -0.3 is 10.5 Å². The molecule has 0 bridgehead atoms. The number of Topliss-reactive ketones (excluding diaryl/α,β-unsaturated/α-hetero) is 1. The molecule has 102 valence electrons. The minimum Gasteiger partial charge on any atom is -0.465 e. The zero-order chi connectivity index (χ0) is 14.3. The number of hydrogen-bond donors (Lipinski definition) is 1. The lowest BCUT2D eigenvalue weighted by Gasteiger charge is -2.17. The molecule has 0 aliphatic heterocycles. The van der Waals surface area contributed by atoms with Crippen molar-refractivity contribution in [3.8, 4) is 0 Å². The first kappa shape index (κ1) is 12.6. The molecular formula is C15H14N2O3. The van der Waals surface area contributed by atoms with Gasteiger partial charge in [-0.15, -0.1) is 0 Å². The number of esters is 1. The Morgan fingerprint density at radius 3 is 2.90 bits per heavy atom. The Kier molecular flexibility index (Phi) is 2.89. The Balaban J connectivity index is 2.27. The van der Waals surface area contributed by atoms with Gasteiger partial charge in [0.05, 0.1) is 35.1 Å². The Labute approximate surface area is 115 Å². The highest BCUT2D eigenvalue weighted by molar-refractivity contribution is 6.10. The van der Waals surface area contributed by atoms with Crippen LogP contribution in [0.1, 0.15) is 39.3 Å². The molecule has 5 nitrogen and oxygen atoms in total. The Morgan fingerprint density at radius 2 is 2.15 bits per heavy atom. The van der Waals surface area contributed by atoms with Gasteiger partial charge in [-0.1, -0.05) is 0 Å². The second-order valence-corrected chi connectivity index (χ2v) is 4.85.